The lowest BCUT2D eigenvalue weighted by molar-refractivity contribution is 0.184. The molecule has 3 nitrogen and oxygen atoms in total. The molecule has 0 amide bonds. The van der Waals surface area contributed by atoms with Crippen LogP contribution in [0.3, 0.4) is 0 Å². The van der Waals surface area contributed by atoms with Gasteiger partial charge in [-0.25, -0.2) is 0 Å². The van der Waals surface area contributed by atoms with Crippen molar-refractivity contribution in [3.8, 4) is 6.07 Å². The first-order chi connectivity index (χ1) is 9.74. The number of anilines is 1. The van der Waals surface area contributed by atoms with Crippen molar-refractivity contribution < 1.29 is 4.74 Å². The van der Waals surface area contributed by atoms with Crippen molar-refractivity contribution in [3.05, 3.63) is 64.7 Å². The Morgan fingerprint density at radius 3 is 2.55 bits per heavy atom. The molecule has 0 bridgehead atoms. The Balaban J connectivity index is 2.09. The van der Waals surface area contributed by atoms with Crippen molar-refractivity contribution in [2.24, 2.45) is 0 Å². The normalized spacial score (nSPS) is 10.1. The molecule has 0 unspecified atom stereocenters. The fraction of sp³-hybridized carbons (Fsp3) is 0.235. The predicted octanol–water partition coefficient (Wildman–Crippen LogP) is 3.63. The number of hydrogen-bond acceptors (Lipinski definition) is 3. The fourth-order valence-corrected chi connectivity index (χ4v) is 2.12. The molecule has 0 aliphatic rings. The van der Waals surface area contributed by atoms with Crippen LogP contribution in [0.5, 0.6) is 0 Å². The summed E-state index contributed by atoms with van der Waals surface area (Å²) in [5, 5.41) is 12.3. The molecule has 0 aromatic heterocycles. The minimum Gasteiger partial charge on any atom is -0.381 e. The van der Waals surface area contributed by atoms with Crippen LogP contribution >= 0.6 is 0 Å². The summed E-state index contributed by atoms with van der Waals surface area (Å²) >= 11 is 0. The minimum absolute atomic E-state index is 0.615. The van der Waals surface area contributed by atoms with Crippen molar-refractivity contribution in [2.45, 2.75) is 20.1 Å². The number of methoxy groups -OCH3 is 1. The fourth-order valence-electron chi connectivity index (χ4n) is 2.12. The highest BCUT2D eigenvalue weighted by Crippen LogP contribution is 2.17. The molecule has 102 valence electrons. The van der Waals surface area contributed by atoms with Crippen LogP contribution in [0.1, 0.15) is 22.3 Å². The van der Waals surface area contributed by atoms with E-state index in [0.717, 1.165) is 23.4 Å². The Morgan fingerprint density at radius 1 is 1.15 bits per heavy atom. The largest absolute Gasteiger partial charge is 0.381 e. The van der Waals surface area contributed by atoms with Crippen molar-refractivity contribution in [1.29, 1.82) is 5.26 Å². The number of hydrogen-bond donors (Lipinski definition) is 1. The Bertz CT molecular complexity index is 629. The maximum Gasteiger partial charge on any atom is 0.0994 e. The van der Waals surface area contributed by atoms with Gasteiger partial charge in [0.25, 0.3) is 0 Å². The molecule has 0 aliphatic carbocycles. The van der Waals surface area contributed by atoms with Gasteiger partial charge in [0.1, 0.15) is 0 Å². The van der Waals surface area contributed by atoms with E-state index in [-0.39, 0.29) is 0 Å². The zero-order chi connectivity index (χ0) is 14.4. The summed E-state index contributed by atoms with van der Waals surface area (Å²) in [7, 11) is 1.70. The number of benzene rings is 2. The van der Waals surface area contributed by atoms with Gasteiger partial charge < -0.3 is 10.1 Å². The van der Waals surface area contributed by atoms with E-state index >= 15 is 0 Å². The molecule has 3 heteroatoms. The predicted molar refractivity (Wildman–Crippen MR) is 80.4 cm³/mol. The molecule has 1 N–H and O–H groups in total. The Hall–Kier alpha value is -2.31. The Labute approximate surface area is 119 Å². The van der Waals surface area contributed by atoms with E-state index in [0.29, 0.717) is 6.61 Å². The molecular weight excluding hydrogens is 248 g/mol. The summed E-state index contributed by atoms with van der Waals surface area (Å²) in [5.41, 5.74) is 5.14. The number of nitrogens with one attached hydrogen (secondary N) is 1. The van der Waals surface area contributed by atoms with E-state index in [1.54, 1.807) is 7.11 Å². The van der Waals surface area contributed by atoms with E-state index < -0.39 is 0 Å². The zero-order valence-corrected chi connectivity index (χ0v) is 11.8. The van der Waals surface area contributed by atoms with Gasteiger partial charge in [0.15, 0.2) is 0 Å². The first-order valence-electron chi connectivity index (χ1n) is 6.55. The smallest absolute Gasteiger partial charge is 0.0994 e. The molecule has 0 atom stereocenters. The quantitative estimate of drug-likeness (QED) is 0.899. The van der Waals surface area contributed by atoms with Crippen molar-refractivity contribution in [1.82, 2.24) is 0 Å². The molecule has 0 aliphatic heterocycles. The SMILES string of the molecule is COCc1ccccc1CNc1ccc(C#N)c(C)c1. The molecule has 2 aromatic carbocycles. The minimum atomic E-state index is 0.615. The van der Waals surface area contributed by atoms with Crippen molar-refractivity contribution >= 4 is 5.69 Å². The second kappa shape index (κ2) is 6.74. The van der Waals surface area contributed by atoms with Gasteiger partial charge in [-0.15, -0.1) is 0 Å². The van der Waals surface area contributed by atoms with Crippen LogP contribution in [0.15, 0.2) is 42.5 Å². The van der Waals surface area contributed by atoms with Gasteiger partial charge in [-0.3, -0.25) is 0 Å². The van der Waals surface area contributed by atoms with Crippen LogP contribution in [-0.2, 0) is 17.9 Å². The van der Waals surface area contributed by atoms with Gasteiger partial charge in [0, 0.05) is 19.3 Å². The molecule has 0 fully saturated rings. The van der Waals surface area contributed by atoms with E-state index in [1.807, 2.05) is 37.3 Å². The number of aryl methyl sites for hydroxylation is 1. The average molecular weight is 266 g/mol. The molecule has 20 heavy (non-hydrogen) atoms. The molecule has 0 heterocycles. The summed E-state index contributed by atoms with van der Waals surface area (Å²) in [6.45, 7) is 3.30. The van der Waals surface area contributed by atoms with Gasteiger partial charge in [-0.2, -0.15) is 5.26 Å². The average Bonchev–Trinajstić information content (AvgIpc) is 2.47. The number of ether oxygens (including phenoxy) is 1. The van der Waals surface area contributed by atoms with Crippen molar-refractivity contribution in [3.63, 3.8) is 0 Å². The van der Waals surface area contributed by atoms with Gasteiger partial charge in [-0.05, 0) is 41.8 Å². The van der Waals surface area contributed by atoms with Crippen LogP contribution in [0.25, 0.3) is 0 Å². The second-order valence-corrected chi connectivity index (χ2v) is 4.70. The second-order valence-electron chi connectivity index (χ2n) is 4.70. The van der Waals surface area contributed by atoms with Crippen molar-refractivity contribution in [2.75, 3.05) is 12.4 Å². The molecule has 2 aromatic rings. The number of rotatable bonds is 5. The first kappa shape index (κ1) is 14.1. The first-order valence-corrected chi connectivity index (χ1v) is 6.55. The summed E-state index contributed by atoms with van der Waals surface area (Å²) in [4.78, 5) is 0. The van der Waals surface area contributed by atoms with Crippen LogP contribution in [0.2, 0.25) is 0 Å². The van der Waals surface area contributed by atoms with E-state index in [2.05, 4.69) is 23.5 Å². The van der Waals surface area contributed by atoms with Gasteiger partial charge >= 0.3 is 0 Å². The van der Waals surface area contributed by atoms with Gasteiger partial charge in [-0.1, -0.05) is 24.3 Å². The summed E-state index contributed by atoms with van der Waals surface area (Å²) < 4.78 is 5.21. The lowest BCUT2D eigenvalue weighted by Crippen LogP contribution is -2.04. The molecule has 2 rings (SSSR count). The Kier molecular flexibility index (Phi) is 4.75. The van der Waals surface area contributed by atoms with E-state index in [9.17, 15) is 0 Å². The Morgan fingerprint density at radius 2 is 1.90 bits per heavy atom. The lowest BCUT2D eigenvalue weighted by Gasteiger charge is -2.11. The third-order valence-corrected chi connectivity index (χ3v) is 3.25. The van der Waals surface area contributed by atoms with Crippen LogP contribution < -0.4 is 5.32 Å². The maximum absolute atomic E-state index is 8.93. The molecule has 0 saturated carbocycles. The highest BCUT2D eigenvalue weighted by molar-refractivity contribution is 5.52. The topological polar surface area (TPSA) is 45.0 Å². The summed E-state index contributed by atoms with van der Waals surface area (Å²) in [6.07, 6.45) is 0. The van der Waals surface area contributed by atoms with E-state index in [4.69, 9.17) is 10.00 Å². The standard InChI is InChI=1S/C17H18N2O/c1-13-9-17(8-7-14(13)10-18)19-11-15-5-3-4-6-16(15)12-20-2/h3-9,19H,11-12H2,1-2H3. The molecular formula is C17H18N2O. The third-order valence-electron chi connectivity index (χ3n) is 3.25. The van der Waals surface area contributed by atoms with Gasteiger partial charge in [0.05, 0.1) is 18.2 Å². The van der Waals surface area contributed by atoms with Gasteiger partial charge in [0.2, 0.25) is 0 Å². The zero-order valence-electron chi connectivity index (χ0n) is 11.8. The highest BCUT2D eigenvalue weighted by atomic mass is 16.5. The number of nitrogens with zero attached hydrogens (tertiary/aromatic N) is 1. The van der Waals surface area contributed by atoms with E-state index in [1.165, 1.54) is 11.1 Å². The molecule has 0 spiro atoms. The molecule has 0 saturated heterocycles. The van der Waals surface area contributed by atoms with Crippen LogP contribution in [0, 0.1) is 18.3 Å². The lowest BCUT2D eigenvalue weighted by atomic mass is 10.1. The third kappa shape index (κ3) is 3.37. The summed E-state index contributed by atoms with van der Waals surface area (Å²) in [5.74, 6) is 0. The highest BCUT2D eigenvalue weighted by Gasteiger charge is 2.03. The number of nitriles is 1. The molecule has 0 radical (unpaired) electrons. The summed E-state index contributed by atoms with van der Waals surface area (Å²) in [6, 6.07) is 16.2. The monoisotopic (exact) mass is 266 g/mol. The van der Waals surface area contributed by atoms with Crippen LogP contribution in [0.4, 0.5) is 5.69 Å². The maximum atomic E-state index is 8.93. The van der Waals surface area contributed by atoms with Crippen LogP contribution in [-0.4, -0.2) is 7.11 Å².